The van der Waals surface area contributed by atoms with Gasteiger partial charge in [0.1, 0.15) is 5.78 Å². The van der Waals surface area contributed by atoms with Crippen molar-refractivity contribution < 1.29 is 14.3 Å². The molecule has 0 spiro atoms. The second-order valence-corrected chi connectivity index (χ2v) is 4.69. The van der Waals surface area contributed by atoms with Gasteiger partial charge >= 0.3 is 0 Å². The van der Waals surface area contributed by atoms with Crippen molar-refractivity contribution in [2.75, 3.05) is 26.4 Å². The van der Waals surface area contributed by atoms with E-state index in [9.17, 15) is 4.79 Å². The van der Waals surface area contributed by atoms with Gasteiger partial charge in [-0.05, 0) is 20.3 Å². The Labute approximate surface area is 112 Å². The first-order chi connectivity index (χ1) is 7.57. The van der Waals surface area contributed by atoms with Crippen LogP contribution in [0.25, 0.3) is 0 Å². The van der Waals surface area contributed by atoms with Gasteiger partial charge in [-0.25, -0.2) is 0 Å². The minimum atomic E-state index is 0.0825. The summed E-state index contributed by atoms with van der Waals surface area (Å²) in [5.41, 5.74) is 0. The number of rotatable bonds is 10. The highest BCUT2D eigenvalue weighted by Crippen LogP contribution is 2.09. The lowest BCUT2D eigenvalue weighted by atomic mass is 10.0. The van der Waals surface area contributed by atoms with Crippen molar-refractivity contribution in [3.8, 4) is 0 Å². The van der Waals surface area contributed by atoms with Crippen molar-refractivity contribution in [1.29, 1.82) is 0 Å². The molecule has 0 saturated heterocycles. The summed E-state index contributed by atoms with van der Waals surface area (Å²) in [5, 5.41) is 0. The van der Waals surface area contributed by atoms with Gasteiger partial charge in [-0.1, -0.05) is 6.92 Å². The molecule has 4 nitrogen and oxygen atoms in total. The number of Topliss-reactive ketones (excluding diaryl/α,β-unsaturated/α-hetero) is 1. The maximum atomic E-state index is 11.0. The Bertz CT molecular complexity index is 190. The van der Waals surface area contributed by atoms with Gasteiger partial charge in [0.2, 0.25) is 0 Å². The molecule has 0 aliphatic carbocycles. The normalized spacial score (nSPS) is 14.8. The number of carbonyl (C=O) groups excluding carboxylic acids is 1. The third-order valence-electron chi connectivity index (χ3n) is 2.35. The molecule has 0 aliphatic heterocycles. The molecule has 0 radical (unpaired) electrons. The average molecular weight is 343 g/mol. The molecule has 0 aromatic rings. The second kappa shape index (κ2) is 10.4. The first-order valence-electron chi connectivity index (χ1n) is 5.61. The molecule has 0 rings (SSSR count). The fourth-order valence-electron chi connectivity index (χ4n) is 1.25. The summed E-state index contributed by atoms with van der Waals surface area (Å²) in [6.07, 6.45) is 0.898. The Morgan fingerprint density at radius 3 is 2.56 bits per heavy atom. The molecule has 0 bridgehead atoms. The van der Waals surface area contributed by atoms with Crippen molar-refractivity contribution in [1.82, 2.24) is 3.53 Å². The smallest absolute Gasteiger partial charge is 0.132 e. The summed E-state index contributed by atoms with van der Waals surface area (Å²) >= 11 is 2.09. The van der Waals surface area contributed by atoms with E-state index in [1.165, 1.54) is 0 Å². The number of ketones is 1. The van der Waals surface area contributed by atoms with Gasteiger partial charge in [-0.15, -0.1) is 0 Å². The first kappa shape index (κ1) is 16.3. The first-order valence-corrected chi connectivity index (χ1v) is 6.69. The molecule has 0 saturated carbocycles. The van der Waals surface area contributed by atoms with Crippen molar-refractivity contribution in [3.05, 3.63) is 0 Å². The van der Waals surface area contributed by atoms with Crippen LogP contribution in [0, 0.1) is 5.92 Å². The Morgan fingerprint density at radius 2 is 2.00 bits per heavy atom. The molecular weight excluding hydrogens is 321 g/mol. The molecule has 16 heavy (non-hydrogen) atoms. The van der Waals surface area contributed by atoms with Crippen LogP contribution in [0.4, 0.5) is 0 Å². The van der Waals surface area contributed by atoms with Crippen LogP contribution in [0.5, 0.6) is 0 Å². The van der Waals surface area contributed by atoms with Crippen LogP contribution in [-0.2, 0) is 14.3 Å². The van der Waals surface area contributed by atoms with Gasteiger partial charge < -0.3 is 9.47 Å². The fraction of sp³-hybridized carbons (Fsp3) is 0.909. The molecule has 96 valence electrons. The highest BCUT2D eigenvalue weighted by Gasteiger charge is 2.12. The van der Waals surface area contributed by atoms with Crippen LogP contribution in [-0.4, -0.2) is 38.3 Å². The molecule has 0 fully saturated rings. The van der Waals surface area contributed by atoms with E-state index in [0.29, 0.717) is 19.8 Å². The summed E-state index contributed by atoms with van der Waals surface area (Å²) in [6.45, 7) is 8.29. The van der Waals surface area contributed by atoms with Crippen LogP contribution in [0.15, 0.2) is 0 Å². The quantitative estimate of drug-likeness (QED) is 0.374. The monoisotopic (exact) mass is 343 g/mol. The minimum Gasteiger partial charge on any atom is -0.378 e. The van der Waals surface area contributed by atoms with Gasteiger partial charge in [0.25, 0.3) is 0 Å². The van der Waals surface area contributed by atoms with Gasteiger partial charge in [0.15, 0.2) is 0 Å². The van der Waals surface area contributed by atoms with Crippen molar-refractivity contribution >= 4 is 28.6 Å². The van der Waals surface area contributed by atoms with E-state index >= 15 is 0 Å². The molecular formula is C11H22INO3. The van der Waals surface area contributed by atoms with Crippen molar-refractivity contribution in [3.63, 3.8) is 0 Å². The minimum absolute atomic E-state index is 0.0825. The lowest BCUT2D eigenvalue weighted by molar-refractivity contribution is -0.121. The molecule has 2 unspecified atom stereocenters. The van der Waals surface area contributed by atoms with Crippen molar-refractivity contribution in [2.24, 2.45) is 5.92 Å². The topological polar surface area (TPSA) is 47.6 Å². The van der Waals surface area contributed by atoms with Gasteiger partial charge in [-0.2, -0.15) is 0 Å². The zero-order valence-corrected chi connectivity index (χ0v) is 12.5. The summed E-state index contributed by atoms with van der Waals surface area (Å²) in [6, 6.07) is 0. The SMILES string of the molecule is CC(=O)C(C)CC(C)OCCOCCNI. The molecule has 5 heteroatoms. The predicted octanol–water partition coefficient (Wildman–Crippen LogP) is 1.96. The van der Waals surface area contributed by atoms with Crippen LogP contribution < -0.4 is 3.53 Å². The molecule has 0 aliphatic rings. The lowest BCUT2D eigenvalue weighted by Gasteiger charge is -2.16. The van der Waals surface area contributed by atoms with Gasteiger partial charge in [0, 0.05) is 35.3 Å². The number of halogens is 1. The van der Waals surface area contributed by atoms with E-state index in [0.717, 1.165) is 13.0 Å². The molecule has 0 aromatic carbocycles. The lowest BCUT2D eigenvalue weighted by Crippen LogP contribution is -2.20. The standard InChI is InChI=1S/C11H22INO3/c1-9(11(3)14)8-10(2)16-7-6-15-5-4-13-12/h9-10,13H,4-8H2,1-3H3. The van der Waals surface area contributed by atoms with E-state index in [1.54, 1.807) is 6.92 Å². The summed E-state index contributed by atoms with van der Waals surface area (Å²) in [7, 11) is 0. The zero-order valence-electron chi connectivity index (χ0n) is 10.3. The Hall–Kier alpha value is 0.280. The number of hydrogen-bond donors (Lipinski definition) is 1. The maximum Gasteiger partial charge on any atom is 0.132 e. The van der Waals surface area contributed by atoms with E-state index in [4.69, 9.17) is 9.47 Å². The molecule has 2 atom stereocenters. The Kier molecular flexibility index (Phi) is 10.6. The van der Waals surface area contributed by atoms with Gasteiger partial charge in [0.05, 0.1) is 25.9 Å². The van der Waals surface area contributed by atoms with Crippen LogP contribution in [0.2, 0.25) is 0 Å². The van der Waals surface area contributed by atoms with E-state index in [2.05, 4.69) is 26.4 Å². The molecule has 0 amide bonds. The summed E-state index contributed by atoms with van der Waals surface area (Å²) < 4.78 is 13.8. The van der Waals surface area contributed by atoms with Crippen LogP contribution in [0.1, 0.15) is 27.2 Å². The molecule has 0 heterocycles. The summed E-state index contributed by atoms with van der Waals surface area (Å²) in [4.78, 5) is 11.0. The van der Waals surface area contributed by atoms with Gasteiger partial charge in [-0.3, -0.25) is 8.32 Å². The van der Waals surface area contributed by atoms with E-state index in [-0.39, 0.29) is 17.8 Å². The molecule has 0 aromatic heterocycles. The number of nitrogens with one attached hydrogen (secondary N) is 1. The van der Waals surface area contributed by atoms with Crippen LogP contribution in [0.3, 0.4) is 0 Å². The number of carbonyl (C=O) groups is 1. The van der Waals surface area contributed by atoms with Crippen LogP contribution >= 0.6 is 22.9 Å². The third-order valence-corrected chi connectivity index (χ3v) is 2.89. The third kappa shape index (κ3) is 9.50. The maximum absolute atomic E-state index is 11.0. The Balaban J connectivity index is 3.36. The summed E-state index contributed by atoms with van der Waals surface area (Å²) in [5.74, 6) is 0.305. The highest BCUT2D eigenvalue weighted by molar-refractivity contribution is 14.1. The van der Waals surface area contributed by atoms with E-state index in [1.807, 2.05) is 13.8 Å². The largest absolute Gasteiger partial charge is 0.378 e. The zero-order chi connectivity index (χ0) is 12.4. The fourth-order valence-corrected chi connectivity index (χ4v) is 1.47. The average Bonchev–Trinajstić information content (AvgIpc) is 2.23. The highest BCUT2D eigenvalue weighted by atomic mass is 127. The second-order valence-electron chi connectivity index (χ2n) is 3.92. The Morgan fingerprint density at radius 1 is 1.31 bits per heavy atom. The number of hydrogen-bond acceptors (Lipinski definition) is 4. The van der Waals surface area contributed by atoms with E-state index < -0.39 is 0 Å². The predicted molar refractivity (Wildman–Crippen MR) is 72.7 cm³/mol. The molecule has 1 N–H and O–H groups in total. The van der Waals surface area contributed by atoms with Crippen molar-refractivity contribution in [2.45, 2.75) is 33.3 Å². The number of ether oxygens (including phenoxy) is 2.